The number of benzene rings is 5. The summed E-state index contributed by atoms with van der Waals surface area (Å²) in [6.45, 7) is 0.666. The average Bonchev–Trinajstić information content (AvgIpc) is 3.75. The number of aromatic nitrogens is 3. The van der Waals surface area contributed by atoms with Crippen LogP contribution in [0.5, 0.6) is 5.75 Å². The molecule has 0 atom stereocenters. The van der Waals surface area contributed by atoms with E-state index >= 15 is 0 Å². The van der Waals surface area contributed by atoms with Crippen molar-refractivity contribution in [3.8, 4) is 23.1 Å². The summed E-state index contributed by atoms with van der Waals surface area (Å²) in [4.78, 5) is 32.6. The van der Waals surface area contributed by atoms with E-state index in [1.165, 1.54) is 0 Å². The fourth-order valence-electron chi connectivity index (χ4n) is 7.39. The first kappa shape index (κ1) is 39.9. The number of carbonyl (C=O) groups is 2. The van der Waals surface area contributed by atoms with E-state index in [2.05, 4.69) is 27.2 Å². The second-order valence-corrected chi connectivity index (χ2v) is 14.9. The average molecular weight is 793 g/mol. The smallest absolute Gasteiger partial charge is 0.251 e. The number of carbonyl (C=O) groups excluding carboxylic acids is 2. The first-order valence-corrected chi connectivity index (χ1v) is 20.1. The number of rotatable bonds is 16. The molecule has 1 aliphatic carbocycles. The molecule has 1 aliphatic rings. The number of hydroxylamine groups is 1. The highest BCUT2D eigenvalue weighted by atomic mass is 35.5. The van der Waals surface area contributed by atoms with Crippen LogP contribution in [-0.2, 0) is 21.8 Å². The van der Waals surface area contributed by atoms with E-state index in [-0.39, 0.29) is 24.0 Å². The van der Waals surface area contributed by atoms with Crippen LogP contribution in [-0.4, -0.2) is 39.0 Å². The van der Waals surface area contributed by atoms with Crippen molar-refractivity contribution in [3.63, 3.8) is 0 Å². The van der Waals surface area contributed by atoms with E-state index in [4.69, 9.17) is 26.4 Å². The van der Waals surface area contributed by atoms with Crippen molar-refractivity contribution in [1.29, 1.82) is 5.26 Å². The molecule has 1 saturated carbocycles. The zero-order valence-electron chi connectivity index (χ0n) is 32.1. The number of nitriles is 1. The Morgan fingerprint density at radius 1 is 0.793 bits per heavy atom. The molecule has 0 spiro atoms. The Morgan fingerprint density at radius 3 is 2.00 bits per heavy atom. The fourth-order valence-corrected chi connectivity index (χ4v) is 7.61. The Bertz CT molecular complexity index is 2210. The summed E-state index contributed by atoms with van der Waals surface area (Å²) < 4.78 is 7.90. The van der Waals surface area contributed by atoms with Crippen molar-refractivity contribution in [1.82, 2.24) is 25.8 Å². The standard InChI is InChI=1S/C47H45ClN6O4/c48-43-31-42(27-24-36(43)32-49)57-41-28-25-40(26-29-41)50-46(56)35-22-20-34(21-23-35)44-33-54(53-51-44)30-12-4-11-19-45(55)52-58-47(37-13-5-1-6-14-37,38-15-7-2-8-16-38)39-17-9-3-10-18-39/h1-3,5-10,13-18,20-24,27,31,33,40-41H,4,11-12,19,25-26,28-30H2,(H,50,56)(H,52,55). The molecule has 2 amide bonds. The maximum atomic E-state index is 13.1. The third-order valence-electron chi connectivity index (χ3n) is 10.5. The monoisotopic (exact) mass is 792 g/mol. The Balaban J connectivity index is 0.843. The van der Waals surface area contributed by atoms with Gasteiger partial charge in [0.1, 0.15) is 17.5 Å². The van der Waals surface area contributed by atoms with E-state index in [0.717, 1.165) is 66.5 Å². The molecule has 0 radical (unpaired) electrons. The van der Waals surface area contributed by atoms with Crippen LogP contribution in [0.4, 0.5) is 0 Å². The highest BCUT2D eigenvalue weighted by molar-refractivity contribution is 6.31. The highest BCUT2D eigenvalue weighted by Gasteiger charge is 2.39. The topological polar surface area (TPSA) is 131 Å². The molecule has 0 unspecified atom stereocenters. The van der Waals surface area contributed by atoms with Crippen molar-refractivity contribution in [2.45, 2.75) is 75.7 Å². The number of nitrogens with one attached hydrogen (secondary N) is 2. The molecule has 0 saturated heterocycles. The summed E-state index contributed by atoms with van der Waals surface area (Å²) in [6, 6.07) is 44.4. The van der Waals surface area contributed by atoms with Crippen molar-refractivity contribution >= 4 is 23.4 Å². The molecule has 7 rings (SSSR count). The van der Waals surface area contributed by atoms with Crippen LogP contribution >= 0.6 is 11.6 Å². The number of amides is 2. The lowest BCUT2D eigenvalue weighted by Gasteiger charge is -2.35. The van der Waals surface area contributed by atoms with Gasteiger partial charge in [0, 0.05) is 36.2 Å². The lowest BCUT2D eigenvalue weighted by molar-refractivity contribution is -0.143. The van der Waals surface area contributed by atoms with Gasteiger partial charge < -0.3 is 10.1 Å². The summed E-state index contributed by atoms with van der Waals surface area (Å²) in [7, 11) is 0. The van der Waals surface area contributed by atoms with Gasteiger partial charge >= 0.3 is 0 Å². The van der Waals surface area contributed by atoms with Gasteiger partial charge in [0.25, 0.3) is 5.91 Å². The number of halogens is 1. The Morgan fingerprint density at radius 2 is 1.41 bits per heavy atom. The molecule has 6 aromatic rings. The van der Waals surface area contributed by atoms with Crippen LogP contribution in [0.1, 0.15) is 84.0 Å². The maximum Gasteiger partial charge on any atom is 0.251 e. The molecule has 294 valence electrons. The van der Waals surface area contributed by atoms with Crippen molar-refractivity contribution in [2.75, 3.05) is 0 Å². The molecular weight excluding hydrogens is 748 g/mol. The van der Waals surface area contributed by atoms with Crippen molar-refractivity contribution in [2.24, 2.45) is 0 Å². The molecule has 2 N–H and O–H groups in total. The van der Waals surface area contributed by atoms with Crippen molar-refractivity contribution < 1.29 is 19.2 Å². The largest absolute Gasteiger partial charge is 0.490 e. The molecule has 1 heterocycles. The Hall–Kier alpha value is -6.28. The fraction of sp³-hybridized carbons (Fsp3) is 0.255. The van der Waals surface area contributed by atoms with Crippen LogP contribution in [0.2, 0.25) is 5.02 Å². The third kappa shape index (κ3) is 9.80. The summed E-state index contributed by atoms with van der Waals surface area (Å²) in [5.41, 5.74) is 7.09. The molecule has 1 fully saturated rings. The predicted octanol–water partition coefficient (Wildman–Crippen LogP) is 9.19. The number of hydrogen-bond acceptors (Lipinski definition) is 7. The second kappa shape index (κ2) is 19.2. The zero-order valence-corrected chi connectivity index (χ0v) is 32.9. The van der Waals surface area contributed by atoms with Gasteiger partial charge in [0.15, 0.2) is 5.60 Å². The second-order valence-electron chi connectivity index (χ2n) is 14.5. The maximum absolute atomic E-state index is 13.1. The quantitative estimate of drug-likeness (QED) is 0.0568. The van der Waals surface area contributed by atoms with Gasteiger partial charge in [0.05, 0.1) is 22.9 Å². The SMILES string of the molecule is N#Cc1ccc(OC2CCC(NC(=O)c3ccc(-c4cn(CCCCCC(=O)NOC(c5ccccc5)(c5ccccc5)c5ccccc5)nn4)cc3)CC2)cc1Cl. The highest BCUT2D eigenvalue weighted by Crippen LogP contribution is 2.39. The number of hydrogen-bond donors (Lipinski definition) is 2. The zero-order chi connectivity index (χ0) is 40.2. The summed E-state index contributed by atoms with van der Waals surface area (Å²) in [5, 5.41) is 21.3. The lowest BCUT2D eigenvalue weighted by atomic mass is 9.80. The van der Waals surface area contributed by atoms with Gasteiger partial charge in [-0.3, -0.25) is 19.1 Å². The van der Waals surface area contributed by atoms with Gasteiger partial charge in [-0.15, -0.1) is 5.10 Å². The van der Waals surface area contributed by atoms with E-state index in [9.17, 15) is 9.59 Å². The predicted molar refractivity (Wildman–Crippen MR) is 223 cm³/mol. The van der Waals surface area contributed by atoms with E-state index < -0.39 is 5.60 Å². The summed E-state index contributed by atoms with van der Waals surface area (Å²) >= 11 is 6.15. The van der Waals surface area contributed by atoms with Crippen LogP contribution in [0, 0.1) is 11.3 Å². The molecule has 1 aromatic heterocycles. The summed E-state index contributed by atoms with van der Waals surface area (Å²) in [6.07, 6.45) is 7.83. The Labute approximate surface area is 343 Å². The minimum Gasteiger partial charge on any atom is -0.490 e. The molecule has 58 heavy (non-hydrogen) atoms. The van der Waals surface area contributed by atoms with Crippen LogP contribution in [0.25, 0.3) is 11.3 Å². The van der Waals surface area contributed by atoms with E-state index in [0.29, 0.717) is 41.3 Å². The number of ether oxygens (including phenoxy) is 1. The van der Waals surface area contributed by atoms with Crippen LogP contribution in [0.15, 0.2) is 140 Å². The van der Waals surface area contributed by atoms with Crippen molar-refractivity contribution in [3.05, 3.63) is 172 Å². The van der Waals surface area contributed by atoms with Crippen LogP contribution in [0.3, 0.4) is 0 Å². The third-order valence-corrected chi connectivity index (χ3v) is 10.8. The number of unbranched alkanes of at least 4 members (excludes halogenated alkanes) is 2. The van der Waals surface area contributed by atoms with Crippen LogP contribution < -0.4 is 15.5 Å². The van der Waals surface area contributed by atoms with E-state index in [1.807, 2.05) is 126 Å². The molecular formula is C47H45ClN6O4. The lowest BCUT2D eigenvalue weighted by Crippen LogP contribution is -2.40. The molecule has 10 nitrogen and oxygen atoms in total. The normalized spacial score (nSPS) is 15.2. The van der Waals surface area contributed by atoms with E-state index in [1.54, 1.807) is 18.2 Å². The summed E-state index contributed by atoms with van der Waals surface area (Å²) in [5.74, 6) is 0.354. The molecule has 0 aliphatic heterocycles. The molecule has 11 heteroatoms. The number of nitrogens with zero attached hydrogens (tertiary/aromatic N) is 4. The van der Waals surface area contributed by atoms with Gasteiger partial charge in [-0.05, 0) is 79.5 Å². The minimum absolute atomic E-state index is 0.0317. The number of aryl methyl sites for hydroxylation is 1. The van der Waals surface area contributed by atoms with Gasteiger partial charge in [0.2, 0.25) is 5.91 Å². The van der Waals surface area contributed by atoms with Gasteiger partial charge in [-0.25, -0.2) is 5.48 Å². The van der Waals surface area contributed by atoms with Gasteiger partial charge in [-0.1, -0.05) is 126 Å². The molecule has 5 aromatic carbocycles. The molecule has 0 bridgehead atoms. The first-order valence-electron chi connectivity index (χ1n) is 19.7. The minimum atomic E-state index is -1.03. The first-order chi connectivity index (χ1) is 28.4. The Kier molecular flexibility index (Phi) is 13.2. The van der Waals surface area contributed by atoms with Gasteiger partial charge in [-0.2, -0.15) is 5.26 Å².